The summed E-state index contributed by atoms with van der Waals surface area (Å²) in [5.74, 6) is 0.898. The Morgan fingerprint density at radius 2 is 1.68 bits per heavy atom. The minimum atomic E-state index is 0. The molecule has 0 amide bonds. The molecule has 0 aromatic heterocycles. The van der Waals surface area contributed by atoms with E-state index in [2.05, 4.69) is 46.6 Å². The zero-order valence-electron chi connectivity index (χ0n) is 12.6. The Morgan fingerprint density at radius 1 is 1.00 bits per heavy atom. The van der Waals surface area contributed by atoms with Gasteiger partial charge in [0.1, 0.15) is 5.75 Å². The number of methoxy groups -OCH3 is 1. The zero-order valence-corrected chi connectivity index (χ0v) is 14.3. The van der Waals surface area contributed by atoms with Crippen LogP contribution in [0.15, 0.2) is 58.3 Å². The van der Waals surface area contributed by atoms with E-state index in [0.717, 1.165) is 31.9 Å². The Labute approximate surface area is 142 Å². The SMILES string of the molecule is COc1ccc(Sc2ccccc2N2CCNCC2)cc1.Cl. The Balaban J connectivity index is 0.00000176. The van der Waals surface area contributed by atoms with Crippen LogP contribution in [0.25, 0.3) is 0 Å². The molecule has 0 radical (unpaired) electrons. The number of piperazine rings is 1. The molecule has 0 spiro atoms. The predicted molar refractivity (Wildman–Crippen MR) is 95.9 cm³/mol. The highest BCUT2D eigenvalue weighted by atomic mass is 35.5. The van der Waals surface area contributed by atoms with E-state index >= 15 is 0 Å². The van der Waals surface area contributed by atoms with Crippen LogP contribution in [0.1, 0.15) is 0 Å². The quantitative estimate of drug-likeness (QED) is 0.920. The Morgan fingerprint density at radius 3 is 2.36 bits per heavy atom. The molecular formula is C17H21ClN2OS. The molecule has 0 bridgehead atoms. The van der Waals surface area contributed by atoms with E-state index in [1.165, 1.54) is 15.5 Å². The van der Waals surface area contributed by atoms with Crippen molar-refractivity contribution in [3.63, 3.8) is 0 Å². The number of ether oxygens (including phenoxy) is 1. The van der Waals surface area contributed by atoms with E-state index in [1.807, 2.05) is 23.9 Å². The highest BCUT2D eigenvalue weighted by molar-refractivity contribution is 7.99. The van der Waals surface area contributed by atoms with Gasteiger partial charge in [-0.15, -0.1) is 12.4 Å². The number of para-hydroxylation sites is 1. The third-order valence-corrected chi connectivity index (χ3v) is 4.68. The van der Waals surface area contributed by atoms with Crippen LogP contribution in [0.5, 0.6) is 5.75 Å². The Hall–Kier alpha value is -1.36. The molecule has 3 nitrogen and oxygen atoms in total. The van der Waals surface area contributed by atoms with Crippen molar-refractivity contribution in [1.29, 1.82) is 0 Å². The highest BCUT2D eigenvalue weighted by Gasteiger charge is 2.14. The minimum Gasteiger partial charge on any atom is -0.497 e. The van der Waals surface area contributed by atoms with Gasteiger partial charge in [0.2, 0.25) is 0 Å². The average molecular weight is 337 g/mol. The first kappa shape index (κ1) is 17.0. The normalized spacial score (nSPS) is 14.3. The standard InChI is InChI=1S/C17H20N2OS.ClH/c1-20-14-6-8-15(9-7-14)21-17-5-3-2-4-16(17)19-12-10-18-11-13-19;/h2-9,18H,10-13H2,1H3;1H. The predicted octanol–water partition coefficient (Wildman–Crippen LogP) is 3.68. The van der Waals surface area contributed by atoms with Crippen molar-refractivity contribution in [2.24, 2.45) is 0 Å². The van der Waals surface area contributed by atoms with Crippen LogP contribution in [-0.2, 0) is 0 Å². The topological polar surface area (TPSA) is 24.5 Å². The van der Waals surface area contributed by atoms with Gasteiger partial charge < -0.3 is 15.0 Å². The van der Waals surface area contributed by atoms with Crippen LogP contribution in [0.3, 0.4) is 0 Å². The van der Waals surface area contributed by atoms with Crippen molar-refractivity contribution in [2.75, 3.05) is 38.2 Å². The molecule has 0 atom stereocenters. The van der Waals surface area contributed by atoms with E-state index in [4.69, 9.17) is 4.74 Å². The molecule has 118 valence electrons. The number of hydrogen-bond acceptors (Lipinski definition) is 4. The van der Waals surface area contributed by atoms with Gasteiger partial charge in [-0.2, -0.15) is 0 Å². The number of hydrogen-bond donors (Lipinski definition) is 1. The molecule has 3 rings (SSSR count). The van der Waals surface area contributed by atoms with Crippen molar-refractivity contribution in [3.8, 4) is 5.75 Å². The summed E-state index contributed by atoms with van der Waals surface area (Å²) in [6, 6.07) is 16.9. The summed E-state index contributed by atoms with van der Waals surface area (Å²) in [4.78, 5) is 5.01. The van der Waals surface area contributed by atoms with E-state index < -0.39 is 0 Å². The van der Waals surface area contributed by atoms with Crippen molar-refractivity contribution in [2.45, 2.75) is 9.79 Å². The fourth-order valence-electron chi connectivity index (χ4n) is 2.48. The molecular weight excluding hydrogens is 316 g/mol. The summed E-state index contributed by atoms with van der Waals surface area (Å²) in [7, 11) is 1.70. The number of nitrogens with one attached hydrogen (secondary N) is 1. The number of nitrogens with zero attached hydrogens (tertiary/aromatic N) is 1. The van der Waals surface area contributed by atoms with Gasteiger partial charge in [0.15, 0.2) is 0 Å². The summed E-state index contributed by atoms with van der Waals surface area (Å²) < 4.78 is 5.21. The van der Waals surface area contributed by atoms with Crippen LogP contribution in [0.4, 0.5) is 5.69 Å². The van der Waals surface area contributed by atoms with Gasteiger partial charge >= 0.3 is 0 Å². The smallest absolute Gasteiger partial charge is 0.118 e. The van der Waals surface area contributed by atoms with E-state index in [-0.39, 0.29) is 12.4 Å². The van der Waals surface area contributed by atoms with Crippen molar-refractivity contribution in [1.82, 2.24) is 5.32 Å². The summed E-state index contributed by atoms with van der Waals surface area (Å²) in [6.07, 6.45) is 0. The number of anilines is 1. The van der Waals surface area contributed by atoms with Crippen LogP contribution >= 0.6 is 24.2 Å². The lowest BCUT2D eigenvalue weighted by Gasteiger charge is -2.31. The molecule has 0 unspecified atom stereocenters. The summed E-state index contributed by atoms with van der Waals surface area (Å²) in [6.45, 7) is 4.25. The average Bonchev–Trinajstić information content (AvgIpc) is 2.57. The zero-order chi connectivity index (χ0) is 14.5. The largest absolute Gasteiger partial charge is 0.497 e. The lowest BCUT2D eigenvalue weighted by Crippen LogP contribution is -2.43. The second kappa shape index (κ2) is 8.32. The third-order valence-electron chi connectivity index (χ3n) is 3.61. The Kier molecular flexibility index (Phi) is 6.43. The number of halogens is 1. The molecule has 1 N–H and O–H groups in total. The number of rotatable bonds is 4. The van der Waals surface area contributed by atoms with Gasteiger partial charge in [-0.3, -0.25) is 0 Å². The first-order valence-electron chi connectivity index (χ1n) is 7.23. The maximum atomic E-state index is 5.21. The van der Waals surface area contributed by atoms with Crippen molar-refractivity contribution in [3.05, 3.63) is 48.5 Å². The van der Waals surface area contributed by atoms with Crippen LogP contribution < -0.4 is 15.0 Å². The molecule has 2 aromatic rings. The van der Waals surface area contributed by atoms with Crippen molar-refractivity contribution >= 4 is 29.9 Å². The molecule has 22 heavy (non-hydrogen) atoms. The lowest BCUT2D eigenvalue weighted by atomic mass is 10.2. The molecule has 1 heterocycles. The van der Waals surface area contributed by atoms with E-state index in [1.54, 1.807) is 7.11 Å². The molecule has 1 fully saturated rings. The van der Waals surface area contributed by atoms with Gasteiger partial charge in [-0.05, 0) is 36.4 Å². The van der Waals surface area contributed by atoms with Gasteiger partial charge in [-0.1, -0.05) is 23.9 Å². The maximum Gasteiger partial charge on any atom is 0.118 e. The fourth-order valence-corrected chi connectivity index (χ4v) is 3.46. The molecule has 0 saturated carbocycles. The van der Waals surface area contributed by atoms with E-state index in [9.17, 15) is 0 Å². The molecule has 5 heteroatoms. The lowest BCUT2D eigenvalue weighted by molar-refractivity contribution is 0.414. The molecule has 1 aliphatic heterocycles. The second-order valence-electron chi connectivity index (χ2n) is 4.98. The first-order valence-corrected chi connectivity index (χ1v) is 8.05. The molecule has 1 aliphatic rings. The van der Waals surface area contributed by atoms with Gasteiger partial charge in [0.05, 0.1) is 12.8 Å². The number of benzene rings is 2. The van der Waals surface area contributed by atoms with Gasteiger partial charge in [-0.25, -0.2) is 0 Å². The van der Waals surface area contributed by atoms with Gasteiger partial charge in [0, 0.05) is 36.0 Å². The second-order valence-corrected chi connectivity index (χ2v) is 6.10. The Bertz CT molecular complexity index is 585. The van der Waals surface area contributed by atoms with E-state index in [0.29, 0.717) is 0 Å². The van der Waals surface area contributed by atoms with Crippen LogP contribution in [0, 0.1) is 0 Å². The van der Waals surface area contributed by atoms with Crippen molar-refractivity contribution < 1.29 is 4.74 Å². The molecule has 0 aliphatic carbocycles. The highest BCUT2D eigenvalue weighted by Crippen LogP contribution is 2.36. The third kappa shape index (κ3) is 4.09. The molecule has 1 saturated heterocycles. The summed E-state index contributed by atoms with van der Waals surface area (Å²) in [5.41, 5.74) is 1.33. The van der Waals surface area contributed by atoms with Crippen LogP contribution in [-0.4, -0.2) is 33.3 Å². The van der Waals surface area contributed by atoms with Crippen LogP contribution in [0.2, 0.25) is 0 Å². The maximum absolute atomic E-state index is 5.21. The fraction of sp³-hybridized carbons (Fsp3) is 0.294. The van der Waals surface area contributed by atoms with Gasteiger partial charge in [0.25, 0.3) is 0 Å². The first-order chi connectivity index (χ1) is 10.4. The summed E-state index contributed by atoms with van der Waals surface area (Å²) >= 11 is 1.81. The molecule has 2 aromatic carbocycles. The monoisotopic (exact) mass is 336 g/mol. The summed E-state index contributed by atoms with van der Waals surface area (Å²) in [5, 5.41) is 3.40. The minimum absolute atomic E-state index is 0.